The van der Waals surface area contributed by atoms with Gasteiger partial charge >= 0.3 is 0 Å². The van der Waals surface area contributed by atoms with Crippen molar-refractivity contribution in [1.29, 1.82) is 0 Å². The number of benzene rings is 3. The predicted molar refractivity (Wildman–Crippen MR) is 152 cm³/mol. The van der Waals surface area contributed by atoms with Crippen LogP contribution in [-0.2, 0) is 11.2 Å². The molecule has 0 bridgehead atoms. The lowest BCUT2D eigenvalue weighted by molar-refractivity contribution is -0.119. The lowest BCUT2D eigenvalue weighted by Gasteiger charge is -2.39. The molecule has 5 nitrogen and oxygen atoms in total. The van der Waals surface area contributed by atoms with E-state index in [1.807, 2.05) is 49.2 Å². The largest absolute Gasteiger partial charge is 0.483 e. The summed E-state index contributed by atoms with van der Waals surface area (Å²) in [7, 11) is 1.96. The molecule has 37 heavy (non-hydrogen) atoms. The second-order valence-corrected chi connectivity index (χ2v) is 9.80. The molecule has 1 unspecified atom stereocenters. The molecule has 0 aromatic heterocycles. The van der Waals surface area contributed by atoms with Gasteiger partial charge in [-0.15, -0.1) is 0 Å². The lowest BCUT2D eigenvalue weighted by atomic mass is 10.0. The van der Waals surface area contributed by atoms with Crippen LogP contribution >= 0.6 is 0 Å². The molecule has 196 valence electrons. The zero-order chi connectivity index (χ0) is 25.9. The smallest absolute Gasteiger partial charge is 0.227 e. The molecule has 0 saturated carbocycles. The van der Waals surface area contributed by atoms with Crippen LogP contribution in [0.5, 0.6) is 5.75 Å². The maximum absolute atomic E-state index is 13.3. The van der Waals surface area contributed by atoms with Gasteiger partial charge in [0.2, 0.25) is 5.91 Å². The number of nitrogens with zero attached hydrogens (tertiary/aromatic N) is 2. The third-order valence-corrected chi connectivity index (χ3v) is 7.27. The van der Waals surface area contributed by atoms with Gasteiger partial charge in [-0.2, -0.15) is 0 Å². The fourth-order valence-electron chi connectivity index (χ4n) is 5.18. The molecule has 1 amide bonds. The zero-order valence-corrected chi connectivity index (χ0v) is 22.3. The minimum absolute atomic E-state index is 0.0896. The molecule has 1 aliphatic heterocycles. The van der Waals surface area contributed by atoms with Gasteiger partial charge in [0.25, 0.3) is 0 Å². The summed E-state index contributed by atoms with van der Waals surface area (Å²) >= 11 is 0. The Morgan fingerprint density at radius 3 is 2.30 bits per heavy atom. The first-order valence-electron chi connectivity index (χ1n) is 13.7. The SMILES string of the molecule is CCC(=O)N(c1ccccc1OC(CCNC)c1ccccc1)C1CCN(CCc2ccccc2)CC1. The van der Waals surface area contributed by atoms with Gasteiger partial charge in [-0.3, -0.25) is 4.79 Å². The van der Waals surface area contributed by atoms with E-state index in [-0.39, 0.29) is 18.1 Å². The topological polar surface area (TPSA) is 44.8 Å². The number of rotatable bonds is 12. The highest BCUT2D eigenvalue weighted by atomic mass is 16.5. The molecule has 3 aromatic carbocycles. The Kier molecular flexibility index (Phi) is 10.2. The summed E-state index contributed by atoms with van der Waals surface area (Å²) in [5.41, 5.74) is 3.42. The van der Waals surface area contributed by atoms with E-state index in [1.165, 1.54) is 5.56 Å². The number of anilines is 1. The number of carbonyl (C=O) groups is 1. The fourth-order valence-corrected chi connectivity index (χ4v) is 5.18. The number of carbonyl (C=O) groups excluding carboxylic acids is 1. The van der Waals surface area contributed by atoms with Crippen LogP contribution in [-0.4, -0.2) is 50.1 Å². The highest BCUT2D eigenvalue weighted by Crippen LogP contribution is 2.36. The Morgan fingerprint density at radius 2 is 1.62 bits per heavy atom. The van der Waals surface area contributed by atoms with Crippen molar-refractivity contribution < 1.29 is 9.53 Å². The summed E-state index contributed by atoms with van der Waals surface area (Å²) < 4.78 is 6.66. The van der Waals surface area contributed by atoms with Crippen molar-refractivity contribution in [3.8, 4) is 5.75 Å². The number of ether oxygens (including phenoxy) is 1. The van der Waals surface area contributed by atoms with E-state index >= 15 is 0 Å². The Bertz CT molecular complexity index is 1080. The van der Waals surface area contributed by atoms with Gasteiger partial charge in [-0.1, -0.05) is 79.7 Å². The van der Waals surface area contributed by atoms with Crippen molar-refractivity contribution in [1.82, 2.24) is 10.2 Å². The first-order chi connectivity index (χ1) is 18.2. The van der Waals surface area contributed by atoms with Crippen LogP contribution in [0.3, 0.4) is 0 Å². The number of hydrogen-bond acceptors (Lipinski definition) is 4. The Labute approximate surface area is 222 Å². The van der Waals surface area contributed by atoms with E-state index < -0.39 is 0 Å². The van der Waals surface area contributed by atoms with Crippen LogP contribution in [0, 0.1) is 0 Å². The van der Waals surface area contributed by atoms with E-state index in [9.17, 15) is 4.79 Å². The predicted octanol–water partition coefficient (Wildman–Crippen LogP) is 5.87. The molecule has 1 N–H and O–H groups in total. The Balaban J connectivity index is 1.48. The molecule has 3 aromatic rings. The molecule has 1 fully saturated rings. The van der Waals surface area contributed by atoms with E-state index in [2.05, 4.69) is 64.8 Å². The summed E-state index contributed by atoms with van der Waals surface area (Å²) in [6, 6.07) is 29.3. The van der Waals surface area contributed by atoms with Crippen molar-refractivity contribution in [3.63, 3.8) is 0 Å². The van der Waals surface area contributed by atoms with E-state index in [0.29, 0.717) is 6.42 Å². The molecule has 1 saturated heterocycles. The van der Waals surface area contributed by atoms with Crippen molar-refractivity contribution in [2.75, 3.05) is 38.1 Å². The van der Waals surface area contributed by atoms with Gasteiger partial charge < -0.3 is 19.9 Å². The molecular weight excluding hydrogens is 458 g/mol. The standard InChI is InChI=1S/C32H41N3O2/c1-3-32(36)35(28-20-24-34(25-21-28)23-19-26-12-6-4-7-13-26)29-16-10-11-17-31(29)37-30(18-22-33-2)27-14-8-5-9-15-27/h4-17,28,30,33H,3,18-25H2,1-2H3. The second kappa shape index (κ2) is 14.0. The summed E-state index contributed by atoms with van der Waals surface area (Å²) in [6.45, 7) is 5.86. The maximum atomic E-state index is 13.3. The Morgan fingerprint density at radius 1 is 0.973 bits per heavy atom. The summed E-state index contributed by atoms with van der Waals surface area (Å²) in [4.78, 5) is 17.9. The number of nitrogens with one attached hydrogen (secondary N) is 1. The van der Waals surface area contributed by atoms with Gasteiger partial charge in [-0.05, 0) is 56.1 Å². The molecule has 0 radical (unpaired) electrons. The third kappa shape index (κ3) is 7.43. The highest BCUT2D eigenvalue weighted by molar-refractivity contribution is 5.95. The summed E-state index contributed by atoms with van der Waals surface area (Å²) in [6.07, 6.45) is 4.23. The molecule has 1 aliphatic rings. The monoisotopic (exact) mass is 499 g/mol. The average Bonchev–Trinajstić information content (AvgIpc) is 2.96. The van der Waals surface area contributed by atoms with Gasteiger partial charge in [0.15, 0.2) is 0 Å². The van der Waals surface area contributed by atoms with Crippen molar-refractivity contribution in [2.24, 2.45) is 0 Å². The van der Waals surface area contributed by atoms with Crippen molar-refractivity contribution >= 4 is 11.6 Å². The lowest BCUT2D eigenvalue weighted by Crippen LogP contribution is -2.48. The van der Waals surface area contributed by atoms with Crippen LogP contribution in [0.2, 0.25) is 0 Å². The average molecular weight is 500 g/mol. The summed E-state index contributed by atoms with van der Waals surface area (Å²) in [5, 5.41) is 3.25. The minimum Gasteiger partial charge on any atom is -0.483 e. The molecule has 4 rings (SSSR count). The normalized spacial score (nSPS) is 15.3. The first kappa shape index (κ1) is 26.9. The molecule has 0 aliphatic carbocycles. The third-order valence-electron chi connectivity index (χ3n) is 7.27. The highest BCUT2D eigenvalue weighted by Gasteiger charge is 2.30. The Hall–Kier alpha value is -3.15. The maximum Gasteiger partial charge on any atom is 0.227 e. The summed E-state index contributed by atoms with van der Waals surface area (Å²) in [5.74, 6) is 0.936. The zero-order valence-electron chi connectivity index (χ0n) is 22.3. The van der Waals surface area contributed by atoms with Crippen LogP contribution in [0.25, 0.3) is 0 Å². The minimum atomic E-state index is -0.0896. The van der Waals surface area contributed by atoms with Crippen LogP contribution in [0.4, 0.5) is 5.69 Å². The van der Waals surface area contributed by atoms with E-state index in [0.717, 1.165) is 68.9 Å². The quantitative estimate of drug-likeness (QED) is 0.339. The van der Waals surface area contributed by atoms with Gasteiger partial charge in [0, 0.05) is 38.5 Å². The number of para-hydroxylation sites is 2. The van der Waals surface area contributed by atoms with Crippen molar-refractivity contribution in [3.05, 3.63) is 96.1 Å². The van der Waals surface area contributed by atoms with Gasteiger partial charge in [-0.25, -0.2) is 0 Å². The van der Waals surface area contributed by atoms with E-state index in [1.54, 1.807) is 0 Å². The van der Waals surface area contributed by atoms with Crippen LogP contribution in [0.1, 0.15) is 49.8 Å². The fraction of sp³-hybridized carbons (Fsp3) is 0.406. The molecule has 1 atom stereocenters. The van der Waals surface area contributed by atoms with Gasteiger partial charge in [0.1, 0.15) is 11.9 Å². The first-order valence-corrected chi connectivity index (χ1v) is 13.7. The number of likely N-dealkylation sites (tertiary alicyclic amines) is 1. The van der Waals surface area contributed by atoms with Crippen molar-refractivity contribution in [2.45, 2.75) is 51.2 Å². The number of amides is 1. The molecule has 5 heteroatoms. The molecule has 1 heterocycles. The van der Waals surface area contributed by atoms with E-state index in [4.69, 9.17) is 4.74 Å². The number of piperidine rings is 1. The van der Waals surface area contributed by atoms with Crippen LogP contribution < -0.4 is 15.0 Å². The second-order valence-electron chi connectivity index (χ2n) is 9.80. The molecular formula is C32H41N3O2. The van der Waals surface area contributed by atoms with Gasteiger partial charge in [0.05, 0.1) is 5.69 Å². The molecule has 0 spiro atoms. The number of hydrogen-bond donors (Lipinski definition) is 1. The van der Waals surface area contributed by atoms with Crippen LogP contribution in [0.15, 0.2) is 84.9 Å².